The van der Waals surface area contributed by atoms with Crippen LogP contribution in [0.4, 0.5) is 0 Å². The second kappa shape index (κ2) is 5.16. The summed E-state index contributed by atoms with van der Waals surface area (Å²) in [6.45, 7) is 2.19. The predicted molar refractivity (Wildman–Crippen MR) is 66.1 cm³/mol. The van der Waals surface area contributed by atoms with Crippen LogP contribution in [-0.2, 0) is 0 Å². The summed E-state index contributed by atoms with van der Waals surface area (Å²) < 4.78 is 0. The van der Waals surface area contributed by atoms with Crippen molar-refractivity contribution in [3.05, 3.63) is 35.4 Å². The standard InChI is InChI=1S/C15H19N/c1-12-6-2-4-8-14(12)15-9-5-3-7-13(15)10-11-16/h2,4,6,8,13,15H,3,5,7,9-10H2,1H3. The lowest BCUT2D eigenvalue weighted by atomic mass is 9.73. The number of benzene rings is 1. The number of hydrogen-bond acceptors (Lipinski definition) is 1. The van der Waals surface area contributed by atoms with E-state index in [4.69, 9.17) is 5.26 Å². The Labute approximate surface area is 98.1 Å². The Morgan fingerprint density at radius 2 is 2.00 bits per heavy atom. The Hall–Kier alpha value is -1.29. The van der Waals surface area contributed by atoms with Crippen LogP contribution in [0.5, 0.6) is 0 Å². The minimum absolute atomic E-state index is 0.583. The number of aryl methyl sites for hydroxylation is 1. The molecular formula is C15H19N. The summed E-state index contributed by atoms with van der Waals surface area (Å²) in [5.41, 5.74) is 2.86. The molecular weight excluding hydrogens is 194 g/mol. The van der Waals surface area contributed by atoms with E-state index in [1.807, 2.05) is 0 Å². The van der Waals surface area contributed by atoms with Crippen LogP contribution in [0.25, 0.3) is 0 Å². The SMILES string of the molecule is Cc1ccccc1C1CCCCC1CC#N. The van der Waals surface area contributed by atoms with Gasteiger partial charge in [-0.2, -0.15) is 5.26 Å². The van der Waals surface area contributed by atoms with Crippen LogP contribution in [0.15, 0.2) is 24.3 Å². The molecule has 0 heterocycles. The Morgan fingerprint density at radius 1 is 1.25 bits per heavy atom. The van der Waals surface area contributed by atoms with Crippen LogP contribution in [0, 0.1) is 24.2 Å². The van der Waals surface area contributed by atoms with Gasteiger partial charge < -0.3 is 0 Å². The highest BCUT2D eigenvalue weighted by Crippen LogP contribution is 2.40. The van der Waals surface area contributed by atoms with Crippen LogP contribution in [0.1, 0.15) is 49.1 Å². The maximum atomic E-state index is 8.90. The van der Waals surface area contributed by atoms with Gasteiger partial charge in [0.25, 0.3) is 0 Å². The van der Waals surface area contributed by atoms with Crippen molar-refractivity contribution in [2.45, 2.75) is 44.9 Å². The van der Waals surface area contributed by atoms with Crippen LogP contribution in [0.3, 0.4) is 0 Å². The lowest BCUT2D eigenvalue weighted by molar-refractivity contribution is 0.311. The maximum Gasteiger partial charge on any atom is 0.0624 e. The number of rotatable bonds is 2. The van der Waals surface area contributed by atoms with Gasteiger partial charge in [0, 0.05) is 6.42 Å². The fourth-order valence-corrected chi connectivity index (χ4v) is 2.98. The number of nitriles is 1. The van der Waals surface area contributed by atoms with Crippen molar-refractivity contribution < 1.29 is 0 Å². The largest absolute Gasteiger partial charge is 0.198 e. The smallest absolute Gasteiger partial charge is 0.0624 e. The Morgan fingerprint density at radius 3 is 2.75 bits per heavy atom. The monoisotopic (exact) mass is 213 g/mol. The first-order valence-electron chi connectivity index (χ1n) is 6.25. The third-order valence-corrected chi connectivity index (χ3v) is 3.85. The molecule has 1 saturated carbocycles. The second-order valence-corrected chi connectivity index (χ2v) is 4.87. The molecule has 1 nitrogen and oxygen atoms in total. The van der Waals surface area contributed by atoms with Gasteiger partial charge in [0.15, 0.2) is 0 Å². The number of hydrogen-bond donors (Lipinski definition) is 0. The molecule has 2 unspecified atom stereocenters. The summed E-state index contributed by atoms with van der Waals surface area (Å²) in [4.78, 5) is 0. The van der Waals surface area contributed by atoms with Crippen molar-refractivity contribution >= 4 is 0 Å². The molecule has 0 spiro atoms. The summed E-state index contributed by atoms with van der Waals surface area (Å²) in [6.07, 6.45) is 5.83. The van der Waals surface area contributed by atoms with E-state index >= 15 is 0 Å². The highest BCUT2D eigenvalue weighted by Gasteiger charge is 2.26. The van der Waals surface area contributed by atoms with E-state index in [1.54, 1.807) is 0 Å². The van der Waals surface area contributed by atoms with E-state index in [0.29, 0.717) is 11.8 Å². The molecule has 0 amide bonds. The Bertz CT molecular complexity index is 389. The third kappa shape index (κ3) is 2.27. The molecule has 0 radical (unpaired) electrons. The zero-order chi connectivity index (χ0) is 11.4. The third-order valence-electron chi connectivity index (χ3n) is 3.85. The molecule has 2 atom stereocenters. The van der Waals surface area contributed by atoms with E-state index in [0.717, 1.165) is 6.42 Å². The van der Waals surface area contributed by atoms with Gasteiger partial charge >= 0.3 is 0 Å². The molecule has 1 fully saturated rings. The van der Waals surface area contributed by atoms with Gasteiger partial charge in [-0.1, -0.05) is 37.1 Å². The summed E-state index contributed by atoms with van der Waals surface area (Å²) in [5, 5.41) is 8.90. The molecule has 84 valence electrons. The van der Waals surface area contributed by atoms with Crippen LogP contribution in [-0.4, -0.2) is 0 Å². The predicted octanol–water partition coefficient (Wildman–Crippen LogP) is 4.18. The number of nitrogens with zero attached hydrogens (tertiary/aromatic N) is 1. The van der Waals surface area contributed by atoms with Crippen molar-refractivity contribution in [3.8, 4) is 6.07 Å². The summed E-state index contributed by atoms with van der Waals surface area (Å²) >= 11 is 0. The summed E-state index contributed by atoms with van der Waals surface area (Å²) in [6, 6.07) is 11.0. The van der Waals surface area contributed by atoms with E-state index in [2.05, 4.69) is 37.3 Å². The molecule has 0 aliphatic heterocycles. The van der Waals surface area contributed by atoms with Gasteiger partial charge in [0.05, 0.1) is 6.07 Å². The minimum Gasteiger partial charge on any atom is -0.198 e. The van der Waals surface area contributed by atoms with Crippen LogP contribution in [0.2, 0.25) is 0 Å². The molecule has 0 bridgehead atoms. The fraction of sp³-hybridized carbons (Fsp3) is 0.533. The van der Waals surface area contributed by atoms with E-state index in [-0.39, 0.29) is 0 Å². The highest BCUT2D eigenvalue weighted by atomic mass is 14.3. The first-order valence-corrected chi connectivity index (χ1v) is 6.25. The molecule has 1 aliphatic rings. The lowest BCUT2D eigenvalue weighted by Gasteiger charge is -2.31. The summed E-state index contributed by atoms with van der Waals surface area (Å²) in [7, 11) is 0. The minimum atomic E-state index is 0.583. The van der Waals surface area contributed by atoms with Crippen molar-refractivity contribution in [2.75, 3.05) is 0 Å². The maximum absolute atomic E-state index is 8.90. The van der Waals surface area contributed by atoms with Gasteiger partial charge in [0.2, 0.25) is 0 Å². The average molecular weight is 213 g/mol. The molecule has 1 aromatic rings. The first-order chi connectivity index (χ1) is 7.83. The Kier molecular flexibility index (Phi) is 3.62. The lowest BCUT2D eigenvalue weighted by Crippen LogP contribution is -2.18. The molecule has 1 aromatic carbocycles. The quantitative estimate of drug-likeness (QED) is 0.723. The molecule has 1 heteroatoms. The average Bonchev–Trinajstić information content (AvgIpc) is 2.31. The van der Waals surface area contributed by atoms with Gasteiger partial charge in [-0.3, -0.25) is 0 Å². The van der Waals surface area contributed by atoms with E-state index in [9.17, 15) is 0 Å². The van der Waals surface area contributed by atoms with Crippen molar-refractivity contribution in [3.63, 3.8) is 0 Å². The molecule has 1 aliphatic carbocycles. The molecule has 0 aromatic heterocycles. The van der Waals surface area contributed by atoms with Crippen LogP contribution < -0.4 is 0 Å². The van der Waals surface area contributed by atoms with Crippen molar-refractivity contribution in [1.29, 1.82) is 5.26 Å². The highest BCUT2D eigenvalue weighted by molar-refractivity contribution is 5.30. The topological polar surface area (TPSA) is 23.8 Å². The van der Waals surface area contributed by atoms with Gasteiger partial charge in [-0.15, -0.1) is 0 Å². The normalized spacial score (nSPS) is 25.0. The zero-order valence-corrected chi connectivity index (χ0v) is 9.95. The van der Waals surface area contributed by atoms with E-state index < -0.39 is 0 Å². The Balaban J connectivity index is 2.24. The zero-order valence-electron chi connectivity index (χ0n) is 9.95. The molecule has 0 saturated heterocycles. The fourth-order valence-electron chi connectivity index (χ4n) is 2.98. The first kappa shape index (κ1) is 11.2. The summed E-state index contributed by atoms with van der Waals surface area (Å²) in [5.74, 6) is 1.20. The molecule has 16 heavy (non-hydrogen) atoms. The molecule has 2 rings (SSSR count). The van der Waals surface area contributed by atoms with Crippen LogP contribution >= 0.6 is 0 Å². The van der Waals surface area contributed by atoms with Crippen molar-refractivity contribution in [2.24, 2.45) is 5.92 Å². The molecule has 0 N–H and O–H groups in total. The van der Waals surface area contributed by atoms with Gasteiger partial charge in [-0.25, -0.2) is 0 Å². The van der Waals surface area contributed by atoms with Crippen molar-refractivity contribution in [1.82, 2.24) is 0 Å². The second-order valence-electron chi connectivity index (χ2n) is 4.87. The van der Waals surface area contributed by atoms with E-state index in [1.165, 1.54) is 36.8 Å². The van der Waals surface area contributed by atoms with Gasteiger partial charge in [0.1, 0.15) is 0 Å². The van der Waals surface area contributed by atoms with Gasteiger partial charge in [-0.05, 0) is 42.7 Å².